The third-order valence-electron chi connectivity index (χ3n) is 1.09. The predicted octanol–water partition coefficient (Wildman–Crippen LogP) is 0.899. The second-order valence-electron chi connectivity index (χ2n) is 1.90. The minimum absolute atomic E-state index is 0.278. The Balaban J connectivity index is 0.000000791. The van der Waals surface area contributed by atoms with E-state index in [1.165, 1.54) is 0 Å². The van der Waals surface area contributed by atoms with Crippen molar-refractivity contribution in [2.24, 2.45) is 0 Å². The fourth-order valence-electron chi connectivity index (χ4n) is 0.549. The Morgan fingerprint density at radius 1 is 1.00 bits per heavy atom. The number of hydrogen-bond donors (Lipinski definition) is 2. The summed E-state index contributed by atoms with van der Waals surface area (Å²) >= 11 is 0. The second kappa shape index (κ2) is 5.63. The number of rotatable bonds is 2. The van der Waals surface area contributed by atoms with Gasteiger partial charge in [0.2, 0.25) is 0 Å². The van der Waals surface area contributed by atoms with Crippen LogP contribution in [0.1, 0.15) is 34.8 Å². The third-order valence-corrected chi connectivity index (χ3v) is 1.09. The molecule has 0 aromatic carbocycles. The van der Waals surface area contributed by atoms with Crippen LogP contribution >= 0.6 is 0 Å². The normalized spacial score (nSPS) is 8.43. The van der Waals surface area contributed by atoms with Crippen LogP contribution in [0, 0.1) is 0 Å². The maximum Gasteiger partial charge on any atom is 0.356 e. The van der Waals surface area contributed by atoms with E-state index in [0.717, 1.165) is 12.4 Å². The molecule has 0 aliphatic carbocycles. The molecule has 1 aromatic heterocycles. The first-order valence-electron chi connectivity index (χ1n) is 3.90. The van der Waals surface area contributed by atoms with Crippen LogP contribution in [0.2, 0.25) is 0 Å². The van der Waals surface area contributed by atoms with Crippen molar-refractivity contribution in [3.8, 4) is 0 Å². The summed E-state index contributed by atoms with van der Waals surface area (Å²) < 4.78 is 0. The number of nitrogens with zero attached hydrogens (tertiary/aromatic N) is 2. The lowest BCUT2D eigenvalue weighted by Crippen LogP contribution is -2.06. The van der Waals surface area contributed by atoms with Gasteiger partial charge in [0.05, 0.1) is 12.4 Å². The van der Waals surface area contributed by atoms with Crippen molar-refractivity contribution in [1.82, 2.24) is 9.97 Å². The van der Waals surface area contributed by atoms with Crippen molar-refractivity contribution in [2.45, 2.75) is 13.8 Å². The summed E-state index contributed by atoms with van der Waals surface area (Å²) in [6.45, 7) is 4.00. The lowest BCUT2D eigenvalue weighted by Gasteiger charge is -1.93. The second-order valence-corrected chi connectivity index (χ2v) is 1.90. The zero-order chi connectivity index (χ0) is 11.1. The minimum atomic E-state index is -1.24. The molecule has 14 heavy (non-hydrogen) atoms. The molecular weight excluding hydrogens is 188 g/mol. The predicted molar refractivity (Wildman–Crippen MR) is 47.3 cm³/mol. The average molecular weight is 198 g/mol. The SMILES string of the molecule is CC.O=C(O)c1cnc(C(=O)O)cn1. The molecule has 0 spiro atoms. The van der Waals surface area contributed by atoms with Crippen LogP contribution in [0.4, 0.5) is 0 Å². The molecule has 1 rings (SSSR count). The molecule has 0 saturated carbocycles. The Bertz CT molecular complexity index is 288. The fourth-order valence-corrected chi connectivity index (χ4v) is 0.549. The Labute approximate surface area is 80.2 Å². The molecule has 2 N–H and O–H groups in total. The maximum absolute atomic E-state index is 10.2. The molecule has 0 radical (unpaired) electrons. The van der Waals surface area contributed by atoms with Gasteiger partial charge in [-0.05, 0) is 0 Å². The molecule has 0 aliphatic heterocycles. The van der Waals surface area contributed by atoms with Crippen LogP contribution in [-0.4, -0.2) is 32.1 Å². The molecule has 1 aromatic rings. The average Bonchev–Trinajstić information content (AvgIpc) is 2.21. The molecule has 76 valence electrons. The summed E-state index contributed by atoms with van der Waals surface area (Å²) in [4.78, 5) is 27.2. The van der Waals surface area contributed by atoms with Crippen LogP contribution in [0.25, 0.3) is 0 Å². The highest BCUT2D eigenvalue weighted by atomic mass is 16.4. The van der Waals surface area contributed by atoms with Crippen LogP contribution in [-0.2, 0) is 0 Å². The van der Waals surface area contributed by atoms with E-state index in [2.05, 4.69) is 9.97 Å². The van der Waals surface area contributed by atoms with Crippen molar-refractivity contribution in [3.63, 3.8) is 0 Å². The fraction of sp³-hybridized carbons (Fsp3) is 0.250. The van der Waals surface area contributed by atoms with Crippen molar-refractivity contribution < 1.29 is 19.8 Å². The largest absolute Gasteiger partial charge is 0.476 e. The van der Waals surface area contributed by atoms with Gasteiger partial charge in [-0.15, -0.1) is 0 Å². The number of carboxylic acid groups (broad SMARTS) is 2. The van der Waals surface area contributed by atoms with E-state index in [1.807, 2.05) is 13.8 Å². The van der Waals surface area contributed by atoms with E-state index in [0.29, 0.717) is 0 Å². The topological polar surface area (TPSA) is 100 Å². The van der Waals surface area contributed by atoms with Gasteiger partial charge in [-0.2, -0.15) is 0 Å². The van der Waals surface area contributed by atoms with E-state index in [9.17, 15) is 9.59 Å². The molecular formula is C8H10N2O4. The van der Waals surface area contributed by atoms with E-state index < -0.39 is 11.9 Å². The van der Waals surface area contributed by atoms with Gasteiger partial charge in [0.25, 0.3) is 0 Å². The Hall–Kier alpha value is -1.98. The minimum Gasteiger partial charge on any atom is -0.476 e. The van der Waals surface area contributed by atoms with Crippen molar-refractivity contribution in [3.05, 3.63) is 23.8 Å². The number of hydrogen-bond acceptors (Lipinski definition) is 4. The number of carboxylic acids is 2. The number of aromatic nitrogens is 2. The smallest absolute Gasteiger partial charge is 0.356 e. The molecule has 6 nitrogen and oxygen atoms in total. The van der Waals surface area contributed by atoms with E-state index >= 15 is 0 Å². The first-order chi connectivity index (χ1) is 6.61. The highest BCUT2D eigenvalue weighted by Crippen LogP contribution is 1.94. The Morgan fingerprint density at radius 2 is 1.29 bits per heavy atom. The lowest BCUT2D eigenvalue weighted by atomic mass is 10.4. The maximum atomic E-state index is 10.2. The van der Waals surface area contributed by atoms with Crippen LogP contribution in [0.15, 0.2) is 12.4 Å². The van der Waals surface area contributed by atoms with E-state index in [1.54, 1.807) is 0 Å². The zero-order valence-corrected chi connectivity index (χ0v) is 7.76. The van der Waals surface area contributed by atoms with Gasteiger partial charge >= 0.3 is 11.9 Å². The molecule has 6 heteroatoms. The lowest BCUT2D eigenvalue weighted by molar-refractivity contribution is 0.0670. The summed E-state index contributed by atoms with van der Waals surface area (Å²) in [5.41, 5.74) is -0.556. The Morgan fingerprint density at radius 3 is 1.43 bits per heavy atom. The van der Waals surface area contributed by atoms with Gasteiger partial charge in [0.15, 0.2) is 11.4 Å². The van der Waals surface area contributed by atoms with Crippen LogP contribution < -0.4 is 0 Å². The summed E-state index contributed by atoms with van der Waals surface area (Å²) in [5, 5.41) is 16.7. The summed E-state index contributed by atoms with van der Waals surface area (Å²) in [6, 6.07) is 0. The zero-order valence-electron chi connectivity index (χ0n) is 7.76. The summed E-state index contributed by atoms with van der Waals surface area (Å²) in [7, 11) is 0. The summed E-state index contributed by atoms with van der Waals surface area (Å²) in [6.07, 6.45) is 1.79. The molecule has 0 saturated heterocycles. The standard InChI is InChI=1S/C6H4N2O4.C2H6/c9-5(10)3-1-7-4(2-8-3)6(11)12;1-2/h1-2H,(H,9,10)(H,11,12);1-2H3. The van der Waals surface area contributed by atoms with Crippen LogP contribution in [0.5, 0.6) is 0 Å². The molecule has 0 bridgehead atoms. The number of carbonyl (C=O) groups is 2. The third kappa shape index (κ3) is 3.18. The van der Waals surface area contributed by atoms with Gasteiger partial charge in [0, 0.05) is 0 Å². The highest BCUT2D eigenvalue weighted by Gasteiger charge is 2.08. The van der Waals surface area contributed by atoms with E-state index in [4.69, 9.17) is 10.2 Å². The van der Waals surface area contributed by atoms with Crippen molar-refractivity contribution >= 4 is 11.9 Å². The van der Waals surface area contributed by atoms with Crippen molar-refractivity contribution in [2.75, 3.05) is 0 Å². The quantitative estimate of drug-likeness (QED) is 0.732. The molecule has 0 unspecified atom stereocenters. The van der Waals surface area contributed by atoms with Gasteiger partial charge in [-0.3, -0.25) is 0 Å². The van der Waals surface area contributed by atoms with Gasteiger partial charge in [-0.1, -0.05) is 13.8 Å². The van der Waals surface area contributed by atoms with Crippen molar-refractivity contribution in [1.29, 1.82) is 0 Å². The van der Waals surface area contributed by atoms with Gasteiger partial charge < -0.3 is 10.2 Å². The van der Waals surface area contributed by atoms with Gasteiger partial charge in [-0.25, -0.2) is 19.6 Å². The van der Waals surface area contributed by atoms with E-state index in [-0.39, 0.29) is 11.4 Å². The summed E-state index contributed by atoms with van der Waals surface area (Å²) in [5.74, 6) is -2.47. The Kier molecular flexibility index (Phi) is 4.83. The molecule has 1 heterocycles. The van der Waals surface area contributed by atoms with Gasteiger partial charge in [0.1, 0.15) is 0 Å². The first kappa shape index (κ1) is 12.0. The molecule has 0 amide bonds. The monoisotopic (exact) mass is 198 g/mol. The molecule has 0 fully saturated rings. The first-order valence-corrected chi connectivity index (χ1v) is 3.90. The highest BCUT2D eigenvalue weighted by molar-refractivity contribution is 5.87. The van der Waals surface area contributed by atoms with Crippen LogP contribution in [0.3, 0.4) is 0 Å². The number of aromatic carboxylic acids is 2. The molecule has 0 aliphatic rings. The molecule has 0 atom stereocenters.